The molecular formula is C19H15BrF4N2O2. The van der Waals surface area contributed by atoms with Crippen LogP contribution in [0.3, 0.4) is 0 Å². The molecule has 4 nitrogen and oxygen atoms in total. The van der Waals surface area contributed by atoms with Crippen LogP contribution in [0.1, 0.15) is 35.8 Å². The highest BCUT2D eigenvalue weighted by Gasteiger charge is 2.50. The van der Waals surface area contributed by atoms with Crippen LogP contribution in [0.15, 0.2) is 52.1 Å². The number of hydrogen-bond acceptors (Lipinski definition) is 4. The van der Waals surface area contributed by atoms with Crippen LogP contribution < -0.4 is 0 Å². The van der Waals surface area contributed by atoms with Gasteiger partial charge in [-0.05, 0) is 35.0 Å². The molecule has 0 fully saturated rings. The average Bonchev–Trinajstić information content (AvgIpc) is 2.63. The van der Waals surface area contributed by atoms with E-state index in [0.717, 1.165) is 6.07 Å². The Labute approximate surface area is 166 Å². The molecule has 9 heteroatoms. The van der Waals surface area contributed by atoms with E-state index in [1.807, 2.05) is 0 Å². The summed E-state index contributed by atoms with van der Waals surface area (Å²) in [6.45, 7) is 1.35. The van der Waals surface area contributed by atoms with Crippen LogP contribution in [0, 0.1) is 5.82 Å². The lowest BCUT2D eigenvalue weighted by Crippen LogP contribution is -2.44. The van der Waals surface area contributed by atoms with Gasteiger partial charge in [-0.3, -0.25) is 4.79 Å². The third kappa shape index (κ3) is 4.40. The molecule has 0 radical (unpaired) electrons. The van der Waals surface area contributed by atoms with Crippen molar-refractivity contribution < 1.29 is 27.1 Å². The molecule has 0 amide bonds. The molecule has 0 N–H and O–H groups in total. The monoisotopic (exact) mass is 458 g/mol. The van der Waals surface area contributed by atoms with Gasteiger partial charge in [-0.1, -0.05) is 30.3 Å². The summed E-state index contributed by atoms with van der Waals surface area (Å²) in [5, 5.41) is 0. The standard InChI is InChI=1S/C19H15BrF4N2O2/c1-18(17-12(21)7-8-15(20)25-17)10-14(19(22,23)24)28-16(26-18)9-13(27)11-5-3-2-4-6-11/h2-8,14H,9-10H2,1H3/t14-,18-/m0/s1. The summed E-state index contributed by atoms with van der Waals surface area (Å²) >= 11 is 3.09. The van der Waals surface area contributed by atoms with Crippen LogP contribution in [-0.4, -0.2) is 28.9 Å². The van der Waals surface area contributed by atoms with Crippen molar-refractivity contribution in [2.24, 2.45) is 4.99 Å². The second-order valence-corrected chi connectivity index (χ2v) is 7.37. The first kappa shape index (κ1) is 20.4. The topological polar surface area (TPSA) is 51.5 Å². The molecule has 0 saturated heterocycles. The van der Waals surface area contributed by atoms with E-state index in [1.54, 1.807) is 30.3 Å². The van der Waals surface area contributed by atoms with Gasteiger partial charge in [0.2, 0.25) is 0 Å². The molecule has 0 spiro atoms. The highest BCUT2D eigenvalue weighted by Crippen LogP contribution is 2.41. The molecule has 0 aliphatic carbocycles. The van der Waals surface area contributed by atoms with Gasteiger partial charge < -0.3 is 4.74 Å². The van der Waals surface area contributed by atoms with Crippen molar-refractivity contribution in [3.05, 3.63) is 64.1 Å². The van der Waals surface area contributed by atoms with E-state index >= 15 is 0 Å². The Hall–Kier alpha value is -2.29. The van der Waals surface area contributed by atoms with E-state index in [0.29, 0.717) is 5.56 Å². The first-order valence-corrected chi connectivity index (χ1v) is 9.11. The summed E-state index contributed by atoms with van der Waals surface area (Å²) < 4.78 is 59.8. The molecule has 0 unspecified atom stereocenters. The lowest BCUT2D eigenvalue weighted by Gasteiger charge is -2.36. The number of nitrogens with zero attached hydrogens (tertiary/aromatic N) is 2. The highest BCUT2D eigenvalue weighted by atomic mass is 79.9. The van der Waals surface area contributed by atoms with Crippen molar-refractivity contribution in [1.29, 1.82) is 0 Å². The number of aliphatic imine (C=N–C) groups is 1. The minimum absolute atomic E-state index is 0.246. The molecule has 1 aromatic carbocycles. The molecule has 1 aromatic heterocycles. The van der Waals surface area contributed by atoms with Crippen molar-refractivity contribution in [1.82, 2.24) is 4.98 Å². The zero-order chi connectivity index (χ0) is 20.5. The zero-order valence-electron chi connectivity index (χ0n) is 14.6. The van der Waals surface area contributed by atoms with E-state index < -0.39 is 48.2 Å². The van der Waals surface area contributed by atoms with E-state index in [2.05, 4.69) is 25.9 Å². The smallest absolute Gasteiger partial charge is 0.425 e. The highest BCUT2D eigenvalue weighted by molar-refractivity contribution is 9.10. The number of carbonyl (C=O) groups excluding carboxylic acids is 1. The van der Waals surface area contributed by atoms with Crippen LogP contribution in [0.2, 0.25) is 0 Å². The van der Waals surface area contributed by atoms with E-state index in [-0.39, 0.29) is 10.3 Å². The van der Waals surface area contributed by atoms with Crippen LogP contribution in [0.5, 0.6) is 0 Å². The Morgan fingerprint density at radius 1 is 1.25 bits per heavy atom. The SMILES string of the molecule is C[C@@]1(c2nc(Br)ccc2F)C[C@@H](C(F)(F)F)OC(CC(=O)c2ccccc2)=N1. The second-order valence-electron chi connectivity index (χ2n) is 6.56. The number of Topliss-reactive ketones (excluding diaryl/α,β-unsaturated/α-hetero) is 1. The van der Waals surface area contributed by atoms with Crippen molar-refractivity contribution in [2.45, 2.75) is 37.6 Å². The number of ketones is 1. The van der Waals surface area contributed by atoms with Crippen LogP contribution in [0.25, 0.3) is 0 Å². The maximum atomic E-state index is 14.3. The summed E-state index contributed by atoms with van der Waals surface area (Å²) in [5.41, 5.74) is -1.57. The van der Waals surface area contributed by atoms with Crippen LogP contribution in [-0.2, 0) is 10.3 Å². The predicted molar refractivity (Wildman–Crippen MR) is 97.6 cm³/mol. The Morgan fingerprint density at radius 2 is 1.93 bits per heavy atom. The van der Waals surface area contributed by atoms with Gasteiger partial charge in [0, 0.05) is 12.0 Å². The quantitative estimate of drug-likeness (QED) is 0.358. The fourth-order valence-corrected chi connectivity index (χ4v) is 3.30. The molecule has 1 aliphatic rings. The Balaban J connectivity index is 2.00. The van der Waals surface area contributed by atoms with Gasteiger partial charge in [-0.2, -0.15) is 13.2 Å². The molecule has 0 saturated carbocycles. The molecule has 148 valence electrons. The van der Waals surface area contributed by atoms with Gasteiger partial charge in [0.25, 0.3) is 0 Å². The molecule has 2 atom stereocenters. The number of ether oxygens (including phenoxy) is 1. The third-order valence-electron chi connectivity index (χ3n) is 4.33. The van der Waals surface area contributed by atoms with Crippen molar-refractivity contribution in [3.63, 3.8) is 0 Å². The maximum Gasteiger partial charge on any atom is 0.425 e. The lowest BCUT2D eigenvalue weighted by atomic mass is 9.88. The fraction of sp³-hybridized carbons (Fsp3) is 0.316. The van der Waals surface area contributed by atoms with Crippen molar-refractivity contribution in [3.8, 4) is 0 Å². The van der Waals surface area contributed by atoms with Crippen LogP contribution >= 0.6 is 15.9 Å². The van der Waals surface area contributed by atoms with Gasteiger partial charge in [0.15, 0.2) is 17.8 Å². The molecular weight excluding hydrogens is 444 g/mol. The summed E-state index contributed by atoms with van der Waals surface area (Å²) in [5.74, 6) is -1.63. The van der Waals surface area contributed by atoms with Gasteiger partial charge in [0.1, 0.15) is 21.7 Å². The summed E-state index contributed by atoms with van der Waals surface area (Å²) in [7, 11) is 0. The molecule has 3 rings (SSSR count). The number of carbonyl (C=O) groups is 1. The van der Waals surface area contributed by atoms with Gasteiger partial charge >= 0.3 is 6.18 Å². The number of hydrogen-bond donors (Lipinski definition) is 0. The minimum atomic E-state index is -4.71. The molecule has 0 bridgehead atoms. The number of benzene rings is 1. The van der Waals surface area contributed by atoms with E-state index in [4.69, 9.17) is 4.74 Å². The molecule has 2 heterocycles. The Morgan fingerprint density at radius 3 is 2.57 bits per heavy atom. The lowest BCUT2D eigenvalue weighted by molar-refractivity contribution is -0.208. The largest absolute Gasteiger partial charge is 0.468 e. The van der Waals surface area contributed by atoms with Crippen molar-refractivity contribution >= 4 is 27.6 Å². The average molecular weight is 459 g/mol. The van der Waals surface area contributed by atoms with Crippen LogP contribution in [0.4, 0.5) is 17.6 Å². The van der Waals surface area contributed by atoms with Crippen molar-refractivity contribution in [2.75, 3.05) is 0 Å². The molecule has 1 aliphatic heterocycles. The third-order valence-corrected chi connectivity index (χ3v) is 4.77. The van der Waals surface area contributed by atoms with E-state index in [1.165, 1.54) is 13.0 Å². The van der Waals surface area contributed by atoms with Gasteiger partial charge in [-0.15, -0.1) is 0 Å². The maximum absolute atomic E-state index is 14.3. The predicted octanol–water partition coefficient (Wildman–Crippen LogP) is 5.22. The number of halogens is 5. The zero-order valence-corrected chi connectivity index (χ0v) is 16.2. The molecule has 2 aromatic rings. The molecule has 28 heavy (non-hydrogen) atoms. The Kier molecular flexibility index (Phi) is 5.56. The summed E-state index contributed by atoms with van der Waals surface area (Å²) in [6, 6.07) is 10.5. The minimum Gasteiger partial charge on any atom is -0.468 e. The number of rotatable bonds is 4. The fourth-order valence-electron chi connectivity index (χ4n) is 2.99. The normalized spacial score (nSPS) is 22.4. The summed E-state index contributed by atoms with van der Waals surface area (Å²) in [6.07, 6.45) is -8.06. The second kappa shape index (κ2) is 7.62. The van der Waals surface area contributed by atoms with Gasteiger partial charge in [0.05, 0.1) is 6.42 Å². The first-order chi connectivity index (χ1) is 13.1. The number of aromatic nitrogens is 1. The number of alkyl halides is 3. The number of pyridine rings is 1. The summed E-state index contributed by atoms with van der Waals surface area (Å²) in [4.78, 5) is 20.5. The van der Waals surface area contributed by atoms with E-state index in [9.17, 15) is 22.4 Å². The first-order valence-electron chi connectivity index (χ1n) is 8.31. The van der Waals surface area contributed by atoms with Gasteiger partial charge in [-0.25, -0.2) is 14.4 Å². The Bertz CT molecular complexity index is 918.